The molecule has 0 saturated heterocycles. The normalized spacial score (nSPS) is 10.8. The summed E-state index contributed by atoms with van der Waals surface area (Å²) in [5, 5.41) is 8.81. The number of nitriles is 1. The van der Waals surface area contributed by atoms with E-state index in [0.717, 1.165) is 0 Å². The molecule has 0 bridgehead atoms. The molecule has 0 radical (unpaired) electrons. The molecule has 1 aromatic rings. The number of hydrogen-bond donors (Lipinski definition) is 1. The van der Waals surface area contributed by atoms with Gasteiger partial charge in [0.05, 0.1) is 6.54 Å². The smallest absolute Gasteiger partial charge is 0.243 e. The van der Waals surface area contributed by atoms with Gasteiger partial charge in [-0.2, -0.15) is 5.26 Å². The van der Waals surface area contributed by atoms with Gasteiger partial charge in [0.1, 0.15) is 11.0 Å². The number of aromatic nitrogens is 1. The van der Waals surface area contributed by atoms with E-state index >= 15 is 0 Å². The quantitative estimate of drug-likeness (QED) is 0.799. The summed E-state index contributed by atoms with van der Waals surface area (Å²) in [6.45, 7) is 1.91. The lowest BCUT2D eigenvalue weighted by atomic mass is 10.4. The van der Waals surface area contributed by atoms with Gasteiger partial charge in [-0.25, -0.2) is 18.1 Å². The molecule has 0 fully saturated rings. The lowest BCUT2D eigenvalue weighted by molar-refractivity contribution is -0.128. The van der Waals surface area contributed by atoms with Crippen LogP contribution in [0.5, 0.6) is 0 Å². The van der Waals surface area contributed by atoms with Gasteiger partial charge in [-0.15, -0.1) is 0 Å². The van der Waals surface area contributed by atoms with Crippen molar-refractivity contribution in [1.29, 1.82) is 5.26 Å². The number of sulfonamides is 1. The topological polar surface area (TPSA) is 103 Å². The summed E-state index contributed by atoms with van der Waals surface area (Å²) in [5.74, 6) is -0.353. The molecule has 1 amide bonds. The third-order valence-corrected chi connectivity index (χ3v) is 3.91. The van der Waals surface area contributed by atoms with Gasteiger partial charge in [0.25, 0.3) is 0 Å². The van der Waals surface area contributed by atoms with Crippen molar-refractivity contribution in [1.82, 2.24) is 14.6 Å². The van der Waals surface area contributed by atoms with Crippen LogP contribution in [0.2, 0.25) is 0 Å². The molecule has 0 atom stereocenters. The van der Waals surface area contributed by atoms with Gasteiger partial charge in [0.2, 0.25) is 15.9 Å². The van der Waals surface area contributed by atoms with Crippen LogP contribution < -0.4 is 4.72 Å². The van der Waals surface area contributed by atoms with E-state index in [9.17, 15) is 13.2 Å². The lowest BCUT2D eigenvalue weighted by Gasteiger charge is -2.14. The number of carbonyl (C=O) groups is 1. The fourth-order valence-corrected chi connectivity index (χ4v) is 2.32. The zero-order valence-corrected chi connectivity index (χ0v) is 11.4. The summed E-state index contributed by atoms with van der Waals surface area (Å²) < 4.78 is 26.1. The number of pyridine rings is 1. The Morgan fingerprint density at radius 3 is 2.84 bits per heavy atom. The summed E-state index contributed by atoms with van der Waals surface area (Å²) in [6, 6.07) is 4.38. The van der Waals surface area contributed by atoms with E-state index in [0.29, 0.717) is 6.54 Å². The summed E-state index contributed by atoms with van der Waals surface area (Å²) in [5.41, 5.74) is -0.203. The lowest BCUT2D eigenvalue weighted by Crippen LogP contribution is -2.38. The van der Waals surface area contributed by atoms with Gasteiger partial charge in [-0.1, -0.05) is 0 Å². The maximum atomic E-state index is 12.0. The average molecular weight is 282 g/mol. The molecule has 1 heterocycles. The maximum absolute atomic E-state index is 12.0. The predicted octanol–water partition coefficient (Wildman–Crippen LogP) is -0.290. The molecule has 0 aromatic carbocycles. The Morgan fingerprint density at radius 1 is 1.58 bits per heavy atom. The van der Waals surface area contributed by atoms with Gasteiger partial charge in [-0.05, 0) is 19.1 Å². The Bertz CT molecular complexity index is 607. The second-order valence-corrected chi connectivity index (χ2v) is 5.43. The number of hydrogen-bond acceptors (Lipinski definition) is 5. The summed E-state index contributed by atoms with van der Waals surface area (Å²) >= 11 is 0. The highest BCUT2D eigenvalue weighted by molar-refractivity contribution is 7.89. The number of carbonyl (C=O) groups excluding carboxylic acids is 1. The molecule has 1 rings (SSSR count). The minimum Gasteiger partial charge on any atom is -0.345 e. The van der Waals surface area contributed by atoms with Crippen LogP contribution in [0.4, 0.5) is 0 Å². The number of rotatable bonds is 5. The van der Waals surface area contributed by atoms with Gasteiger partial charge in [-0.3, -0.25) is 4.79 Å². The van der Waals surface area contributed by atoms with E-state index in [4.69, 9.17) is 5.26 Å². The summed E-state index contributed by atoms with van der Waals surface area (Å²) in [6.07, 6.45) is 1.33. The molecule has 1 aromatic heterocycles. The first-order valence-electron chi connectivity index (χ1n) is 5.51. The second-order valence-electron chi connectivity index (χ2n) is 3.69. The third-order valence-electron chi connectivity index (χ3n) is 2.48. The van der Waals surface area contributed by atoms with Crippen LogP contribution >= 0.6 is 0 Å². The highest BCUT2D eigenvalue weighted by Crippen LogP contribution is 2.11. The Kier molecular flexibility index (Phi) is 4.97. The zero-order valence-electron chi connectivity index (χ0n) is 10.6. The molecular formula is C11H14N4O3S. The monoisotopic (exact) mass is 282 g/mol. The molecule has 0 spiro atoms. The zero-order chi connectivity index (χ0) is 14.5. The summed E-state index contributed by atoms with van der Waals surface area (Å²) in [7, 11) is -2.35. The van der Waals surface area contributed by atoms with Crippen molar-refractivity contribution in [2.24, 2.45) is 0 Å². The number of likely N-dealkylation sites (N-methyl/N-ethyl adjacent to an activating group) is 1. The van der Waals surface area contributed by atoms with E-state index in [1.807, 2.05) is 0 Å². The average Bonchev–Trinajstić information content (AvgIpc) is 2.43. The molecule has 8 heteroatoms. The van der Waals surface area contributed by atoms with Crippen molar-refractivity contribution in [3.05, 3.63) is 24.0 Å². The van der Waals surface area contributed by atoms with Gasteiger partial charge < -0.3 is 4.90 Å². The second kappa shape index (κ2) is 6.26. The molecule has 0 unspecified atom stereocenters. The minimum absolute atomic E-state index is 0.203. The third kappa shape index (κ3) is 3.74. The fourth-order valence-electron chi connectivity index (χ4n) is 1.24. The molecule has 19 heavy (non-hydrogen) atoms. The number of amides is 1. The van der Waals surface area contributed by atoms with E-state index in [2.05, 4.69) is 9.71 Å². The van der Waals surface area contributed by atoms with Gasteiger partial charge in [0.15, 0.2) is 5.69 Å². The highest BCUT2D eigenvalue weighted by Gasteiger charge is 2.20. The van der Waals surface area contributed by atoms with Crippen LogP contribution in [-0.2, 0) is 14.8 Å². The minimum atomic E-state index is -3.92. The molecular weight excluding hydrogens is 268 g/mol. The molecule has 102 valence electrons. The molecule has 1 N–H and O–H groups in total. The Hall–Kier alpha value is -1.98. The SMILES string of the molecule is CCN(C)C(=O)CNS(=O)(=O)c1cccnc1C#N. The highest BCUT2D eigenvalue weighted by atomic mass is 32.2. The Balaban J connectivity index is 2.89. The van der Waals surface area contributed by atoms with Crippen LogP contribution in [0, 0.1) is 11.3 Å². The van der Waals surface area contributed by atoms with Crippen molar-refractivity contribution in [3.63, 3.8) is 0 Å². The first-order valence-corrected chi connectivity index (χ1v) is 6.99. The van der Waals surface area contributed by atoms with Crippen molar-refractivity contribution in [2.75, 3.05) is 20.1 Å². The van der Waals surface area contributed by atoms with Crippen LogP contribution in [0.3, 0.4) is 0 Å². The van der Waals surface area contributed by atoms with E-state index in [1.165, 1.54) is 23.2 Å². The van der Waals surface area contributed by atoms with Crippen LogP contribution in [0.25, 0.3) is 0 Å². The number of nitrogens with one attached hydrogen (secondary N) is 1. The standard InChI is InChI=1S/C11H14N4O3S/c1-3-15(2)11(16)8-14-19(17,18)10-5-4-6-13-9(10)7-12/h4-6,14H,3,8H2,1-2H3. The maximum Gasteiger partial charge on any atom is 0.243 e. The number of nitrogens with zero attached hydrogens (tertiary/aromatic N) is 3. The fraction of sp³-hybridized carbons (Fsp3) is 0.364. The van der Waals surface area contributed by atoms with Crippen molar-refractivity contribution in [3.8, 4) is 6.07 Å². The van der Waals surface area contributed by atoms with Crippen molar-refractivity contribution >= 4 is 15.9 Å². The van der Waals surface area contributed by atoms with E-state index in [-0.39, 0.29) is 23.0 Å². The van der Waals surface area contributed by atoms with E-state index < -0.39 is 10.0 Å². The Labute approximate surface area is 111 Å². The largest absolute Gasteiger partial charge is 0.345 e. The van der Waals surface area contributed by atoms with Crippen LogP contribution in [0.15, 0.2) is 23.2 Å². The molecule has 7 nitrogen and oxygen atoms in total. The summed E-state index contributed by atoms with van der Waals surface area (Å²) in [4.78, 5) is 16.3. The molecule has 0 aliphatic carbocycles. The first-order chi connectivity index (χ1) is 8.92. The van der Waals surface area contributed by atoms with Gasteiger partial charge >= 0.3 is 0 Å². The van der Waals surface area contributed by atoms with Crippen molar-refractivity contribution < 1.29 is 13.2 Å². The molecule has 0 aliphatic rings. The Morgan fingerprint density at radius 2 is 2.26 bits per heavy atom. The molecule has 0 aliphatic heterocycles. The van der Waals surface area contributed by atoms with E-state index in [1.54, 1.807) is 20.0 Å². The van der Waals surface area contributed by atoms with Crippen LogP contribution in [0.1, 0.15) is 12.6 Å². The van der Waals surface area contributed by atoms with Crippen molar-refractivity contribution in [2.45, 2.75) is 11.8 Å². The predicted molar refractivity (Wildman–Crippen MR) is 67.5 cm³/mol. The van der Waals surface area contributed by atoms with Gasteiger partial charge in [0, 0.05) is 19.8 Å². The van der Waals surface area contributed by atoms with Crippen LogP contribution in [-0.4, -0.2) is 44.3 Å². The molecule has 0 saturated carbocycles. The first kappa shape index (κ1) is 15.1.